The van der Waals surface area contributed by atoms with E-state index < -0.39 is 18.5 Å². The maximum atomic E-state index is 12.4. The molecule has 0 aliphatic rings. The Labute approximate surface area is 177 Å². The van der Waals surface area contributed by atoms with Crippen molar-refractivity contribution in [1.29, 1.82) is 5.26 Å². The van der Waals surface area contributed by atoms with Gasteiger partial charge in [0, 0.05) is 14.6 Å². The van der Waals surface area contributed by atoms with E-state index in [4.69, 9.17) is 14.6 Å². The van der Waals surface area contributed by atoms with Gasteiger partial charge in [-0.05, 0) is 42.0 Å². The molecule has 1 amide bonds. The van der Waals surface area contributed by atoms with Crippen LogP contribution in [0.2, 0.25) is 0 Å². The van der Waals surface area contributed by atoms with E-state index in [1.807, 2.05) is 12.1 Å². The number of rotatable bonds is 7. The number of halogens is 2. The van der Waals surface area contributed by atoms with Crippen molar-refractivity contribution in [2.75, 3.05) is 19.0 Å². The third-order valence-corrected chi connectivity index (χ3v) is 4.56. The number of ether oxygens (including phenoxy) is 2. The zero-order chi connectivity index (χ0) is 20.7. The molecule has 0 aliphatic carbocycles. The number of nitrogens with one attached hydrogen (secondary N) is 1. The lowest BCUT2D eigenvalue weighted by Crippen LogP contribution is -2.13. The fraction of sp³-hybridized carbons (Fsp3) is 0.105. The van der Waals surface area contributed by atoms with Crippen LogP contribution in [0.1, 0.15) is 5.56 Å². The Bertz CT molecular complexity index is 983. The number of hydrogen-bond donors (Lipinski definition) is 2. The van der Waals surface area contributed by atoms with Crippen LogP contribution in [-0.2, 0) is 9.59 Å². The average Bonchev–Trinajstić information content (AvgIpc) is 2.65. The van der Waals surface area contributed by atoms with Gasteiger partial charge in [0.1, 0.15) is 11.6 Å². The lowest BCUT2D eigenvalue weighted by Gasteiger charge is -2.12. The maximum absolute atomic E-state index is 12.4. The number of methoxy groups -OCH3 is 1. The van der Waals surface area contributed by atoms with Crippen molar-refractivity contribution in [2.45, 2.75) is 0 Å². The van der Waals surface area contributed by atoms with E-state index in [0.717, 1.165) is 4.47 Å². The van der Waals surface area contributed by atoms with Crippen LogP contribution in [-0.4, -0.2) is 30.7 Å². The Morgan fingerprint density at radius 1 is 1.25 bits per heavy atom. The first kappa shape index (κ1) is 21.5. The number of benzene rings is 2. The van der Waals surface area contributed by atoms with Gasteiger partial charge in [-0.25, -0.2) is 4.79 Å². The van der Waals surface area contributed by atoms with Crippen LogP contribution < -0.4 is 14.8 Å². The normalized spacial score (nSPS) is 10.7. The molecule has 7 nitrogen and oxygen atoms in total. The van der Waals surface area contributed by atoms with Crippen molar-refractivity contribution in [2.24, 2.45) is 0 Å². The molecule has 0 radical (unpaired) electrons. The minimum absolute atomic E-state index is 0.123. The van der Waals surface area contributed by atoms with Gasteiger partial charge in [0.05, 0.1) is 7.11 Å². The van der Waals surface area contributed by atoms with Gasteiger partial charge in [-0.1, -0.05) is 37.9 Å². The summed E-state index contributed by atoms with van der Waals surface area (Å²) < 4.78 is 11.7. The summed E-state index contributed by atoms with van der Waals surface area (Å²) in [4.78, 5) is 23.1. The molecule has 0 saturated carbocycles. The first-order chi connectivity index (χ1) is 13.3. The molecule has 28 heavy (non-hydrogen) atoms. The smallest absolute Gasteiger partial charge is 0.341 e. The molecule has 0 spiro atoms. The highest BCUT2D eigenvalue weighted by atomic mass is 79.9. The van der Waals surface area contributed by atoms with E-state index in [2.05, 4.69) is 37.2 Å². The molecular weight excluding hydrogens is 496 g/mol. The number of amides is 1. The van der Waals surface area contributed by atoms with Crippen molar-refractivity contribution < 1.29 is 24.2 Å². The molecule has 0 bridgehead atoms. The van der Waals surface area contributed by atoms with Crippen LogP contribution in [0, 0.1) is 11.3 Å². The first-order valence-electron chi connectivity index (χ1n) is 7.75. The van der Waals surface area contributed by atoms with Crippen molar-refractivity contribution in [3.63, 3.8) is 0 Å². The van der Waals surface area contributed by atoms with Gasteiger partial charge < -0.3 is 19.9 Å². The molecule has 144 valence electrons. The number of anilines is 1. The second-order valence-corrected chi connectivity index (χ2v) is 7.11. The number of aliphatic carboxylic acids is 1. The number of hydrogen-bond acceptors (Lipinski definition) is 5. The van der Waals surface area contributed by atoms with E-state index in [1.54, 1.807) is 18.2 Å². The van der Waals surface area contributed by atoms with E-state index in [0.29, 0.717) is 15.7 Å². The second-order valence-electron chi connectivity index (χ2n) is 5.34. The number of carboxylic acids is 1. The van der Waals surface area contributed by atoms with E-state index in [-0.39, 0.29) is 17.1 Å². The summed E-state index contributed by atoms with van der Waals surface area (Å²) in [6.45, 7) is -0.531. The van der Waals surface area contributed by atoms with Gasteiger partial charge >= 0.3 is 5.97 Å². The van der Waals surface area contributed by atoms with Gasteiger partial charge in [-0.3, -0.25) is 4.79 Å². The molecule has 2 aromatic rings. The highest BCUT2D eigenvalue weighted by Gasteiger charge is 2.14. The summed E-state index contributed by atoms with van der Waals surface area (Å²) in [6.07, 6.45) is 1.39. The minimum Gasteiger partial charge on any atom is -0.493 e. The Kier molecular flexibility index (Phi) is 7.61. The molecule has 2 aromatic carbocycles. The Morgan fingerprint density at radius 2 is 2.00 bits per heavy atom. The van der Waals surface area contributed by atoms with Crippen molar-refractivity contribution in [1.82, 2.24) is 0 Å². The summed E-state index contributed by atoms with van der Waals surface area (Å²) in [7, 11) is 1.40. The summed E-state index contributed by atoms with van der Waals surface area (Å²) in [6, 6.07) is 11.9. The SMILES string of the molecule is COc1cc(/C=C(/C#N)C(=O)Nc2cccc(Br)c2)c(Br)cc1OCC(=O)O. The molecule has 0 fully saturated rings. The topological polar surface area (TPSA) is 109 Å². The number of carbonyl (C=O) groups is 2. The highest BCUT2D eigenvalue weighted by molar-refractivity contribution is 9.10. The third kappa shape index (κ3) is 5.84. The number of nitrogens with zero attached hydrogens (tertiary/aromatic N) is 1. The zero-order valence-corrected chi connectivity index (χ0v) is 17.7. The number of nitriles is 1. The largest absolute Gasteiger partial charge is 0.493 e. The fourth-order valence-corrected chi connectivity index (χ4v) is 2.98. The lowest BCUT2D eigenvalue weighted by molar-refractivity contribution is -0.139. The predicted octanol–water partition coefficient (Wildman–Crippen LogP) is 4.23. The monoisotopic (exact) mass is 508 g/mol. The van der Waals surface area contributed by atoms with Crippen LogP contribution in [0.25, 0.3) is 6.08 Å². The van der Waals surface area contributed by atoms with Gasteiger partial charge in [0.2, 0.25) is 0 Å². The Hall–Kier alpha value is -2.83. The molecule has 9 heteroatoms. The zero-order valence-electron chi connectivity index (χ0n) is 14.5. The Morgan fingerprint density at radius 3 is 2.61 bits per heavy atom. The third-order valence-electron chi connectivity index (χ3n) is 3.38. The van der Waals surface area contributed by atoms with E-state index in [1.165, 1.54) is 25.3 Å². The predicted molar refractivity (Wildman–Crippen MR) is 110 cm³/mol. The van der Waals surface area contributed by atoms with Crippen LogP contribution in [0.3, 0.4) is 0 Å². The standard InChI is InChI=1S/C19H14Br2N2O5/c1-27-16-6-11(15(21)8-17(16)28-10-18(24)25)5-12(9-22)19(26)23-14-4-2-3-13(20)7-14/h2-8H,10H2,1H3,(H,23,26)(H,24,25)/b12-5-. The molecule has 0 atom stereocenters. The number of carboxylic acid groups (broad SMARTS) is 1. The molecule has 2 rings (SSSR count). The van der Waals surface area contributed by atoms with Crippen molar-refractivity contribution in [3.05, 3.63) is 56.5 Å². The van der Waals surface area contributed by atoms with Gasteiger partial charge in [-0.15, -0.1) is 0 Å². The second kappa shape index (κ2) is 9.92. The van der Waals surface area contributed by atoms with Crippen LogP contribution in [0.4, 0.5) is 5.69 Å². The van der Waals surface area contributed by atoms with Crippen LogP contribution >= 0.6 is 31.9 Å². The molecule has 0 heterocycles. The molecule has 0 aromatic heterocycles. The maximum Gasteiger partial charge on any atom is 0.341 e. The quantitative estimate of drug-likeness (QED) is 0.427. The summed E-state index contributed by atoms with van der Waals surface area (Å²) in [5.74, 6) is -1.22. The summed E-state index contributed by atoms with van der Waals surface area (Å²) >= 11 is 6.64. The number of carbonyl (C=O) groups excluding carboxylic acids is 1. The van der Waals surface area contributed by atoms with Crippen molar-refractivity contribution in [3.8, 4) is 17.6 Å². The van der Waals surface area contributed by atoms with Crippen molar-refractivity contribution >= 4 is 55.5 Å². The van der Waals surface area contributed by atoms with Gasteiger partial charge in [0.25, 0.3) is 5.91 Å². The summed E-state index contributed by atoms with van der Waals surface area (Å²) in [5, 5.41) is 20.8. The molecular formula is C19H14Br2N2O5. The van der Waals surface area contributed by atoms with Gasteiger partial charge in [-0.2, -0.15) is 5.26 Å². The molecule has 2 N–H and O–H groups in total. The molecule has 0 unspecified atom stereocenters. The lowest BCUT2D eigenvalue weighted by atomic mass is 10.1. The first-order valence-corrected chi connectivity index (χ1v) is 9.33. The molecule has 0 aliphatic heterocycles. The van der Waals surface area contributed by atoms with Gasteiger partial charge in [0.15, 0.2) is 18.1 Å². The highest BCUT2D eigenvalue weighted by Crippen LogP contribution is 2.34. The Balaban J connectivity index is 2.31. The van der Waals surface area contributed by atoms with E-state index in [9.17, 15) is 14.9 Å². The van der Waals surface area contributed by atoms with E-state index >= 15 is 0 Å². The van der Waals surface area contributed by atoms with Crippen LogP contribution in [0.5, 0.6) is 11.5 Å². The van der Waals surface area contributed by atoms with Crippen LogP contribution in [0.15, 0.2) is 50.9 Å². The minimum atomic E-state index is -1.13. The average molecular weight is 510 g/mol. The molecule has 0 saturated heterocycles. The fourth-order valence-electron chi connectivity index (χ4n) is 2.14. The summed E-state index contributed by atoms with van der Waals surface area (Å²) in [5.41, 5.74) is 0.900.